The summed E-state index contributed by atoms with van der Waals surface area (Å²) in [7, 11) is -3.81. The Hall–Kier alpha value is -2.74. The summed E-state index contributed by atoms with van der Waals surface area (Å²) in [5.41, 5.74) is 1.07. The molecular weight excluding hydrogens is 428 g/mol. The Labute approximate surface area is 190 Å². The number of carbonyl (C=O) groups is 1. The number of aryl methyl sites for hydroxylation is 1. The molecule has 0 aromatic heterocycles. The lowest BCUT2D eigenvalue weighted by Crippen LogP contribution is -2.43. The lowest BCUT2D eigenvalue weighted by Gasteiger charge is -2.29. The first-order valence-electron chi connectivity index (χ1n) is 10.8. The van der Waals surface area contributed by atoms with Crippen LogP contribution in [0, 0.1) is 18.3 Å². The van der Waals surface area contributed by atoms with Crippen LogP contribution < -0.4 is 19.1 Å². The van der Waals surface area contributed by atoms with Gasteiger partial charge in [-0.05, 0) is 69.5 Å². The zero-order valence-electron chi connectivity index (χ0n) is 19.6. The third-order valence-corrected chi connectivity index (χ3v) is 6.60. The fourth-order valence-electron chi connectivity index (χ4n) is 3.58. The highest BCUT2D eigenvalue weighted by Gasteiger charge is 2.38. The van der Waals surface area contributed by atoms with E-state index < -0.39 is 15.4 Å². The highest BCUT2D eigenvalue weighted by atomic mass is 32.2. The SMILES string of the molecule is CCOc1ccc(S(=O)(=O)Nc2ccc3c(c2)OCC(C)(C)C(=O)N3CC(C)C)cc1C. The number of rotatable bonds is 7. The topological polar surface area (TPSA) is 84.9 Å². The molecule has 1 amide bonds. The molecule has 0 saturated carbocycles. The van der Waals surface area contributed by atoms with Crippen molar-refractivity contribution in [1.29, 1.82) is 0 Å². The van der Waals surface area contributed by atoms with Crippen molar-refractivity contribution < 1.29 is 22.7 Å². The summed E-state index contributed by atoms with van der Waals surface area (Å²) >= 11 is 0. The molecule has 174 valence electrons. The zero-order chi connectivity index (χ0) is 23.7. The van der Waals surface area contributed by atoms with Crippen molar-refractivity contribution in [3.63, 3.8) is 0 Å². The second-order valence-corrected chi connectivity index (χ2v) is 10.8. The summed E-state index contributed by atoms with van der Waals surface area (Å²) < 4.78 is 40.0. The van der Waals surface area contributed by atoms with Gasteiger partial charge < -0.3 is 14.4 Å². The van der Waals surface area contributed by atoms with Crippen LogP contribution >= 0.6 is 0 Å². The predicted octanol–water partition coefficient (Wildman–Crippen LogP) is 4.60. The van der Waals surface area contributed by atoms with Gasteiger partial charge in [0.25, 0.3) is 10.0 Å². The van der Waals surface area contributed by atoms with E-state index in [4.69, 9.17) is 9.47 Å². The normalized spacial score (nSPS) is 15.7. The van der Waals surface area contributed by atoms with Crippen LogP contribution in [0.4, 0.5) is 11.4 Å². The van der Waals surface area contributed by atoms with Crippen LogP contribution in [0.1, 0.15) is 40.2 Å². The monoisotopic (exact) mass is 460 g/mol. The molecule has 0 saturated heterocycles. The molecule has 0 bridgehead atoms. The fourth-order valence-corrected chi connectivity index (χ4v) is 4.71. The van der Waals surface area contributed by atoms with Crippen molar-refractivity contribution in [1.82, 2.24) is 0 Å². The molecule has 0 atom stereocenters. The molecule has 0 unspecified atom stereocenters. The average Bonchev–Trinajstić information content (AvgIpc) is 2.79. The maximum atomic E-state index is 13.1. The van der Waals surface area contributed by atoms with Crippen molar-refractivity contribution in [3.8, 4) is 11.5 Å². The average molecular weight is 461 g/mol. The van der Waals surface area contributed by atoms with Gasteiger partial charge in [0.15, 0.2) is 0 Å². The maximum Gasteiger partial charge on any atom is 0.261 e. The third kappa shape index (κ3) is 5.01. The number of fused-ring (bicyclic) bond motifs is 1. The second-order valence-electron chi connectivity index (χ2n) is 9.13. The number of hydrogen-bond acceptors (Lipinski definition) is 5. The molecule has 3 rings (SSSR count). The molecule has 2 aromatic carbocycles. The molecule has 32 heavy (non-hydrogen) atoms. The maximum absolute atomic E-state index is 13.1. The number of ether oxygens (including phenoxy) is 2. The van der Waals surface area contributed by atoms with Crippen LogP contribution in [0.25, 0.3) is 0 Å². The van der Waals surface area contributed by atoms with Crippen LogP contribution in [0.3, 0.4) is 0 Å². The van der Waals surface area contributed by atoms with Gasteiger partial charge in [0, 0.05) is 12.6 Å². The molecule has 1 aliphatic rings. The molecule has 1 aliphatic heterocycles. The second kappa shape index (κ2) is 9.02. The lowest BCUT2D eigenvalue weighted by molar-refractivity contribution is -0.127. The summed E-state index contributed by atoms with van der Waals surface area (Å²) in [4.78, 5) is 15.0. The Kier molecular flexibility index (Phi) is 6.74. The first-order valence-corrected chi connectivity index (χ1v) is 12.3. The number of anilines is 2. The van der Waals surface area contributed by atoms with Crippen molar-refractivity contribution in [2.45, 2.75) is 46.4 Å². The quantitative estimate of drug-likeness (QED) is 0.653. The van der Waals surface area contributed by atoms with Gasteiger partial charge in [-0.3, -0.25) is 9.52 Å². The largest absolute Gasteiger partial charge is 0.494 e. The molecule has 7 nitrogen and oxygen atoms in total. The van der Waals surface area contributed by atoms with Gasteiger partial charge in [0.1, 0.15) is 18.1 Å². The van der Waals surface area contributed by atoms with Gasteiger partial charge >= 0.3 is 0 Å². The summed E-state index contributed by atoms with van der Waals surface area (Å²) in [5.74, 6) is 1.39. The lowest BCUT2D eigenvalue weighted by atomic mass is 9.92. The number of carbonyl (C=O) groups excluding carboxylic acids is 1. The van der Waals surface area contributed by atoms with Crippen molar-refractivity contribution in [3.05, 3.63) is 42.0 Å². The Morgan fingerprint density at radius 3 is 2.53 bits per heavy atom. The van der Waals surface area contributed by atoms with Gasteiger partial charge in [-0.25, -0.2) is 8.42 Å². The Bertz CT molecular complexity index is 1110. The standard InChI is InChI=1S/C24H32N2O5S/c1-7-30-21-11-9-19(12-17(21)4)32(28,29)25-18-8-10-20-22(13-18)31-15-24(5,6)23(27)26(20)14-16(2)3/h8-13,16,25H,7,14-15H2,1-6H3. The molecule has 8 heteroatoms. The van der Waals surface area contributed by atoms with Gasteiger partial charge in [0.2, 0.25) is 5.91 Å². The van der Waals surface area contributed by atoms with E-state index >= 15 is 0 Å². The number of sulfonamides is 1. The third-order valence-electron chi connectivity index (χ3n) is 5.22. The van der Waals surface area contributed by atoms with E-state index in [1.54, 1.807) is 35.2 Å². The van der Waals surface area contributed by atoms with Crippen LogP contribution in [0.5, 0.6) is 11.5 Å². The van der Waals surface area contributed by atoms with Crippen molar-refractivity contribution in [2.24, 2.45) is 11.3 Å². The van der Waals surface area contributed by atoms with E-state index in [1.165, 1.54) is 6.07 Å². The summed E-state index contributed by atoms with van der Waals surface area (Å²) in [6.07, 6.45) is 0. The summed E-state index contributed by atoms with van der Waals surface area (Å²) in [5, 5.41) is 0. The number of benzene rings is 2. The van der Waals surface area contributed by atoms with E-state index in [9.17, 15) is 13.2 Å². The molecule has 1 heterocycles. The van der Waals surface area contributed by atoms with Gasteiger partial charge in [-0.2, -0.15) is 0 Å². The van der Waals surface area contributed by atoms with Crippen molar-refractivity contribution in [2.75, 3.05) is 29.4 Å². The predicted molar refractivity (Wildman–Crippen MR) is 126 cm³/mol. The van der Waals surface area contributed by atoms with E-state index in [-0.39, 0.29) is 23.3 Å². The van der Waals surface area contributed by atoms with Gasteiger partial charge in [-0.1, -0.05) is 13.8 Å². The van der Waals surface area contributed by atoms with Gasteiger partial charge in [-0.15, -0.1) is 0 Å². The first-order chi connectivity index (χ1) is 14.9. The van der Waals surface area contributed by atoms with Gasteiger partial charge in [0.05, 0.1) is 28.3 Å². The smallest absolute Gasteiger partial charge is 0.261 e. The zero-order valence-corrected chi connectivity index (χ0v) is 20.4. The minimum Gasteiger partial charge on any atom is -0.494 e. The van der Waals surface area contributed by atoms with Crippen LogP contribution in [0.15, 0.2) is 41.3 Å². The minimum absolute atomic E-state index is 0.0110. The van der Waals surface area contributed by atoms with Crippen molar-refractivity contribution >= 4 is 27.3 Å². The number of nitrogens with one attached hydrogen (secondary N) is 1. The molecule has 0 fully saturated rings. The molecule has 2 aromatic rings. The van der Waals surface area contributed by atoms with E-state index in [1.807, 2.05) is 41.5 Å². The molecule has 0 spiro atoms. The Morgan fingerprint density at radius 2 is 1.91 bits per heavy atom. The highest BCUT2D eigenvalue weighted by Crippen LogP contribution is 2.39. The summed E-state index contributed by atoms with van der Waals surface area (Å²) in [6, 6.07) is 9.78. The van der Waals surface area contributed by atoms with Crippen LogP contribution in [-0.2, 0) is 14.8 Å². The first kappa shape index (κ1) is 23.9. The molecule has 1 N–H and O–H groups in total. The fraction of sp³-hybridized carbons (Fsp3) is 0.458. The van der Waals surface area contributed by atoms with Crippen LogP contribution in [0.2, 0.25) is 0 Å². The minimum atomic E-state index is -3.81. The number of hydrogen-bond donors (Lipinski definition) is 1. The molecular formula is C24H32N2O5S. The van der Waals surface area contributed by atoms with E-state index in [0.29, 0.717) is 36.0 Å². The molecule has 0 radical (unpaired) electrons. The Morgan fingerprint density at radius 1 is 1.19 bits per heavy atom. The Balaban J connectivity index is 1.92. The van der Waals surface area contributed by atoms with E-state index in [2.05, 4.69) is 4.72 Å². The number of amides is 1. The highest BCUT2D eigenvalue weighted by molar-refractivity contribution is 7.92. The molecule has 0 aliphatic carbocycles. The van der Waals surface area contributed by atoms with E-state index in [0.717, 1.165) is 5.56 Å². The van der Waals surface area contributed by atoms with Crippen LogP contribution in [-0.4, -0.2) is 34.1 Å². The summed E-state index contributed by atoms with van der Waals surface area (Å²) in [6.45, 7) is 12.8. The number of nitrogens with zero attached hydrogens (tertiary/aromatic N) is 1.